The molecule has 1 aromatic carbocycles. The second kappa shape index (κ2) is 7.75. The van der Waals surface area contributed by atoms with E-state index in [1.807, 2.05) is 12.1 Å². The lowest BCUT2D eigenvalue weighted by molar-refractivity contribution is 0.312. The summed E-state index contributed by atoms with van der Waals surface area (Å²) in [6.45, 7) is 4.30. The van der Waals surface area contributed by atoms with Gasteiger partial charge in [0.2, 0.25) is 0 Å². The Hall–Kier alpha value is -0.930. The first-order valence-electron chi connectivity index (χ1n) is 7.89. The van der Waals surface area contributed by atoms with E-state index in [1.165, 1.54) is 31.2 Å². The van der Waals surface area contributed by atoms with E-state index in [1.54, 1.807) is 12.1 Å². The van der Waals surface area contributed by atoms with Crippen molar-refractivity contribution in [3.8, 4) is 0 Å². The van der Waals surface area contributed by atoms with Crippen LogP contribution in [0.25, 0.3) is 0 Å². The van der Waals surface area contributed by atoms with Crippen molar-refractivity contribution >= 4 is 0 Å². The second-order valence-electron chi connectivity index (χ2n) is 5.91. The zero-order chi connectivity index (χ0) is 14.4. The van der Waals surface area contributed by atoms with E-state index < -0.39 is 0 Å². The summed E-state index contributed by atoms with van der Waals surface area (Å²) < 4.78 is 13.0. The molecule has 3 heteroatoms. The van der Waals surface area contributed by atoms with E-state index in [4.69, 9.17) is 0 Å². The topological polar surface area (TPSA) is 15.3 Å². The highest BCUT2D eigenvalue weighted by Crippen LogP contribution is 2.25. The number of hydrogen-bond donors (Lipinski definition) is 1. The number of halogens is 1. The molecule has 1 saturated carbocycles. The second-order valence-corrected chi connectivity index (χ2v) is 5.91. The number of hydrogen-bond acceptors (Lipinski definition) is 2. The van der Waals surface area contributed by atoms with Gasteiger partial charge in [0.15, 0.2) is 0 Å². The zero-order valence-corrected chi connectivity index (χ0v) is 12.7. The average molecular weight is 278 g/mol. The first kappa shape index (κ1) is 15.5. The van der Waals surface area contributed by atoms with Gasteiger partial charge in [-0.2, -0.15) is 0 Å². The molecule has 2 rings (SSSR count). The summed E-state index contributed by atoms with van der Waals surface area (Å²) in [6, 6.07) is 8.11. The van der Waals surface area contributed by atoms with Crippen LogP contribution in [-0.4, -0.2) is 31.1 Å². The van der Waals surface area contributed by atoms with Gasteiger partial charge in [-0.25, -0.2) is 4.39 Å². The maximum Gasteiger partial charge on any atom is 0.123 e. The van der Waals surface area contributed by atoms with Crippen molar-refractivity contribution in [2.75, 3.05) is 20.1 Å². The van der Waals surface area contributed by atoms with Crippen LogP contribution in [0, 0.1) is 5.82 Å². The van der Waals surface area contributed by atoms with Gasteiger partial charge in [-0.05, 0) is 44.0 Å². The Morgan fingerprint density at radius 3 is 2.60 bits per heavy atom. The highest BCUT2D eigenvalue weighted by molar-refractivity contribution is 5.19. The van der Waals surface area contributed by atoms with Crippen molar-refractivity contribution in [2.24, 2.45) is 0 Å². The van der Waals surface area contributed by atoms with Crippen LogP contribution in [0.2, 0.25) is 0 Å². The minimum atomic E-state index is -0.156. The molecule has 1 aromatic rings. The molecule has 0 spiro atoms. The van der Waals surface area contributed by atoms with Crippen molar-refractivity contribution in [1.29, 1.82) is 0 Å². The molecule has 0 heterocycles. The predicted molar refractivity (Wildman–Crippen MR) is 82.3 cm³/mol. The summed E-state index contributed by atoms with van der Waals surface area (Å²) in [6.07, 6.45) is 6.23. The van der Waals surface area contributed by atoms with Gasteiger partial charge in [0.1, 0.15) is 5.82 Å². The van der Waals surface area contributed by atoms with Crippen LogP contribution in [0.15, 0.2) is 24.3 Å². The van der Waals surface area contributed by atoms with Gasteiger partial charge >= 0.3 is 0 Å². The van der Waals surface area contributed by atoms with Crippen LogP contribution >= 0.6 is 0 Å². The summed E-state index contributed by atoms with van der Waals surface area (Å²) in [5, 5.41) is 3.64. The SMILES string of the molecule is CCCCC(NCCN(C)C1CC1)c1ccc(F)cc1. The normalized spacial score (nSPS) is 16.6. The first-order valence-corrected chi connectivity index (χ1v) is 7.89. The molecule has 2 nitrogen and oxygen atoms in total. The van der Waals surface area contributed by atoms with Crippen molar-refractivity contribution < 1.29 is 4.39 Å². The molecular weight excluding hydrogens is 251 g/mol. The van der Waals surface area contributed by atoms with E-state index in [9.17, 15) is 4.39 Å². The lowest BCUT2D eigenvalue weighted by atomic mass is 10.0. The lowest BCUT2D eigenvalue weighted by Crippen LogP contribution is -2.32. The lowest BCUT2D eigenvalue weighted by Gasteiger charge is -2.22. The van der Waals surface area contributed by atoms with E-state index in [0.717, 1.165) is 25.6 Å². The number of nitrogens with zero attached hydrogens (tertiary/aromatic N) is 1. The smallest absolute Gasteiger partial charge is 0.123 e. The van der Waals surface area contributed by atoms with Gasteiger partial charge < -0.3 is 10.2 Å². The van der Waals surface area contributed by atoms with Crippen LogP contribution < -0.4 is 5.32 Å². The van der Waals surface area contributed by atoms with E-state index >= 15 is 0 Å². The number of nitrogens with one attached hydrogen (secondary N) is 1. The van der Waals surface area contributed by atoms with Gasteiger partial charge in [-0.15, -0.1) is 0 Å². The van der Waals surface area contributed by atoms with Gasteiger partial charge in [0.05, 0.1) is 0 Å². The Balaban J connectivity index is 1.83. The summed E-state index contributed by atoms with van der Waals surface area (Å²) in [4.78, 5) is 2.44. The molecule has 0 saturated heterocycles. The van der Waals surface area contributed by atoms with Gasteiger partial charge in [-0.3, -0.25) is 0 Å². The molecule has 1 aliphatic carbocycles. The standard InChI is InChI=1S/C17H27FN2/c1-3-4-5-17(14-6-8-15(18)9-7-14)19-12-13-20(2)16-10-11-16/h6-9,16-17,19H,3-5,10-13H2,1-2H3. The molecule has 0 radical (unpaired) electrons. The minimum absolute atomic E-state index is 0.156. The third-order valence-electron chi connectivity index (χ3n) is 4.14. The van der Waals surface area contributed by atoms with E-state index in [0.29, 0.717) is 6.04 Å². The maximum atomic E-state index is 13.0. The molecule has 1 aliphatic rings. The van der Waals surface area contributed by atoms with E-state index in [-0.39, 0.29) is 5.82 Å². The van der Waals surface area contributed by atoms with Crippen LogP contribution in [0.1, 0.15) is 50.6 Å². The largest absolute Gasteiger partial charge is 0.309 e. The molecule has 0 aromatic heterocycles. The quantitative estimate of drug-likeness (QED) is 0.740. The molecular formula is C17H27FN2. The van der Waals surface area contributed by atoms with Crippen molar-refractivity contribution in [1.82, 2.24) is 10.2 Å². The minimum Gasteiger partial charge on any atom is -0.309 e. The highest BCUT2D eigenvalue weighted by Gasteiger charge is 2.25. The van der Waals surface area contributed by atoms with Crippen LogP contribution in [0.5, 0.6) is 0 Å². The first-order chi connectivity index (χ1) is 9.70. The Morgan fingerprint density at radius 2 is 2.00 bits per heavy atom. The molecule has 1 N–H and O–H groups in total. The van der Waals surface area contributed by atoms with Crippen LogP contribution in [-0.2, 0) is 0 Å². The maximum absolute atomic E-state index is 13.0. The molecule has 0 amide bonds. The summed E-state index contributed by atoms with van der Waals surface area (Å²) in [7, 11) is 2.21. The summed E-state index contributed by atoms with van der Waals surface area (Å²) in [5.74, 6) is -0.156. The predicted octanol–water partition coefficient (Wildman–Crippen LogP) is 3.74. The number of unbranched alkanes of at least 4 members (excludes halogenated alkanes) is 1. The Kier molecular flexibility index (Phi) is 5.99. The number of rotatable bonds is 9. The number of likely N-dealkylation sites (N-methyl/N-ethyl adjacent to an activating group) is 1. The Bertz CT molecular complexity index is 386. The highest BCUT2D eigenvalue weighted by atomic mass is 19.1. The fourth-order valence-corrected chi connectivity index (χ4v) is 2.60. The van der Waals surface area contributed by atoms with Crippen LogP contribution in [0.4, 0.5) is 4.39 Å². The summed E-state index contributed by atoms with van der Waals surface area (Å²) >= 11 is 0. The number of benzene rings is 1. The molecule has 112 valence electrons. The fraction of sp³-hybridized carbons (Fsp3) is 0.647. The fourth-order valence-electron chi connectivity index (χ4n) is 2.60. The average Bonchev–Trinajstić information content (AvgIpc) is 3.28. The van der Waals surface area contributed by atoms with E-state index in [2.05, 4.69) is 24.2 Å². The molecule has 0 bridgehead atoms. The third kappa shape index (κ3) is 4.88. The van der Waals surface area contributed by atoms with Crippen molar-refractivity contribution in [3.63, 3.8) is 0 Å². The Morgan fingerprint density at radius 1 is 1.30 bits per heavy atom. The van der Waals surface area contributed by atoms with Crippen molar-refractivity contribution in [2.45, 2.75) is 51.1 Å². The van der Waals surface area contributed by atoms with Gasteiger partial charge in [-0.1, -0.05) is 31.9 Å². The summed E-state index contributed by atoms with van der Waals surface area (Å²) in [5.41, 5.74) is 1.20. The van der Waals surface area contributed by atoms with Crippen LogP contribution in [0.3, 0.4) is 0 Å². The molecule has 1 fully saturated rings. The molecule has 0 aliphatic heterocycles. The van der Waals surface area contributed by atoms with Gasteiger partial charge in [0.25, 0.3) is 0 Å². The molecule has 1 atom stereocenters. The monoisotopic (exact) mass is 278 g/mol. The molecule has 20 heavy (non-hydrogen) atoms. The van der Waals surface area contributed by atoms with Gasteiger partial charge in [0, 0.05) is 25.2 Å². The Labute approximate surface area is 122 Å². The van der Waals surface area contributed by atoms with Crippen molar-refractivity contribution in [3.05, 3.63) is 35.6 Å². The zero-order valence-electron chi connectivity index (χ0n) is 12.7. The molecule has 1 unspecified atom stereocenters. The third-order valence-corrected chi connectivity index (χ3v) is 4.14.